The summed E-state index contributed by atoms with van der Waals surface area (Å²) in [6.07, 6.45) is 4.83. The molecule has 12 heteroatoms. The number of sulfone groups is 1. The largest absolute Gasteiger partial charge is 0.481 e. The third-order valence-electron chi connectivity index (χ3n) is 8.83. The molecule has 3 fully saturated rings. The predicted octanol–water partition coefficient (Wildman–Crippen LogP) is 4.94. The molecule has 6 rings (SSSR count). The fourth-order valence-electron chi connectivity index (χ4n) is 6.09. The van der Waals surface area contributed by atoms with Gasteiger partial charge in [0.25, 0.3) is 0 Å². The van der Waals surface area contributed by atoms with Crippen LogP contribution in [0.25, 0.3) is 21.5 Å². The Kier molecular flexibility index (Phi) is 8.18. The molecule has 2 aliphatic heterocycles. The van der Waals surface area contributed by atoms with E-state index in [4.69, 9.17) is 19.4 Å². The van der Waals surface area contributed by atoms with E-state index in [1.54, 1.807) is 31.4 Å². The zero-order chi connectivity index (χ0) is 29.6. The molecule has 0 spiro atoms. The molecule has 3 aromatic rings. The highest BCUT2D eigenvalue weighted by Crippen LogP contribution is 2.40. The van der Waals surface area contributed by atoms with Crippen LogP contribution in [0.5, 0.6) is 5.88 Å². The van der Waals surface area contributed by atoms with Gasteiger partial charge in [-0.2, -0.15) is 0 Å². The summed E-state index contributed by atoms with van der Waals surface area (Å²) in [6, 6.07) is 1.87. The van der Waals surface area contributed by atoms with Crippen LogP contribution in [-0.2, 0) is 26.9 Å². The molecule has 3 aliphatic rings. The zero-order valence-electron chi connectivity index (χ0n) is 24.9. The molecule has 0 atom stereocenters. The number of nitrogens with zero attached hydrogens (tertiary/aromatic N) is 5. The summed E-state index contributed by atoms with van der Waals surface area (Å²) < 4.78 is 52.4. The number of likely N-dealkylation sites (tertiary alicyclic amines) is 1. The molecule has 1 saturated carbocycles. The van der Waals surface area contributed by atoms with Gasteiger partial charge in [-0.1, -0.05) is 0 Å². The molecule has 0 amide bonds. The van der Waals surface area contributed by atoms with E-state index in [0.717, 1.165) is 53.9 Å². The highest BCUT2D eigenvalue weighted by molar-refractivity contribution is 7.91. The fraction of sp³-hybridized carbons (Fsp3) is 0.633. The van der Waals surface area contributed by atoms with E-state index in [9.17, 15) is 12.8 Å². The second kappa shape index (κ2) is 11.6. The number of alkyl halides is 1. The molecular weight excluding hydrogens is 577 g/mol. The summed E-state index contributed by atoms with van der Waals surface area (Å²) in [5.74, 6) is 0.939. The summed E-state index contributed by atoms with van der Waals surface area (Å²) >= 11 is 1.66. The lowest BCUT2D eigenvalue weighted by molar-refractivity contribution is 0.0603. The molecule has 0 aromatic carbocycles. The minimum atomic E-state index is -3.27. The molecule has 0 unspecified atom stereocenters. The van der Waals surface area contributed by atoms with Gasteiger partial charge in [-0.25, -0.2) is 27.8 Å². The van der Waals surface area contributed by atoms with Crippen molar-refractivity contribution >= 4 is 37.3 Å². The van der Waals surface area contributed by atoms with Crippen molar-refractivity contribution in [3.63, 3.8) is 0 Å². The predicted molar refractivity (Wildman–Crippen MR) is 164 cm³/mol. The number of morpholine rings is 1. The van der Waals surface area contributed by atoms with Crippen LogP contribution in [0.15, 0.2) is 12.3 Å². The topological polar surface area (TPSA) is 97.8 Å². The maximum absolute atomic E-state index is 14.6. The van der Waals surface area contributed by atoms with E-state index in [2.05, 4.69) is 21.7 Å². The first kappa shape index (κ1) is 29.7. The number of aromatic nitrogens is 3. The molecule has 42 heavy (non-hydrogen) atoms. The minimum absolute atomic E-state index is 0.0800. The Bertz CT molecular complexity index is 1550. The molecular formula is C30H40FN5O4S2. The van der Waals surface area contributed by atoms with Gasteiger partial charge in [0.1, 0.15) is 5.67 Å². The van der Waals surface area contributed by atoms with E-state index in [1.807, 2.05) is 6.07 Å². The number of halogens is 1. The Morgan fingerprint density at radius 3 is 2.48 bits per heavy atom. The summed E-state index contributed by atoms with van der Waals surface area (Å²) in [6.45, 7) is 10.6. The quantitative estimate of drug-likeness (QED) is 0.331. The lowest BCUT2D eigenvalue weighted by atomic mass is 9.84. The van der Waals surface area contributed by atoms with Crippen molar-refractivity contribution in [3.05, 3.63) is 28.3 Å². The summed E-state index contributed by atoms with van der Waals surface area (Å²) in [5, 5.41) is -0.270. The third-order valence-corrected chi connectivity index (χ3v) is 12.2. The maximum atomic E-state index is 14.6. The van der Waals surface area contributed by atoms with Crippen molar-refractivity contribution in [2.45, 2.75) is 69.7 Å². The second-order valence-corrected chi connectivity index (χ2v) is 15.8. The molecule has 0 bridgehead atoms. The molecule has 0 radical (unpaired) electrons. The van der Waals surface area contributed by atoms with Gasteiger partial charge in [-0.3, -0.25) is 4.90 Å². The number of aryl methyl sites for hydroxylation is 1. The monoisotopic (exact) mass is 617 g/mol. The van der Waals surface area contributed by atoms with E-state index in [1.165, 1.54) is 17.6 Å². The number of pyridine rings is 1. The van der Waals surface area contributed by atoms with Crippen molar-refractivity contribution in [2.75, 3.05) is 51.4 Å². The van der Waals surface area contributed by atoms with Crippen molar-refractivity contribution in [1.82, 2.24) is 19.9 Å². The maximum Gasteiger partial charge on any atom is 0.226 e. The summed E-state index contributed by atoms with van der Waals surface area (Å²) in [7, 11) is -1.76. The Labute approximate surface area is 251 Å². The first-order valence-corrected chi connectivity index (χ1v) is 17.4. The van der Waals surface area contributed by atoms with E-state index < -0.39 is 15.5 Å². The summed E-state index contributed by atoms with van der Waals surface area (Å²) in [5.41, 5.74) is 2.98. The number of hydrogen-bond acceptors (Lipinski definition) is 10. The van der Waals surface area contributed by atoms with Gasteiger partial charge in [-0.05, 0) is 71.5 Å². The van der Waals surface area contributed by atoms with Gasteiger partial charge >= 0.3 is 0 Å². The number of piperidine rings is 1. The molecule has 1 aliphatic carbocycles. The van der Waals surface area contributed by atoms with Crippen LogP contribution >= 0.6 is 11.3 Å². The SMILES string of the molecule is COc1ncc(-c2nc(N3CCOCC3)nc3c(CN4CCC(C(C)(C)F)CC4)c(C)sc23)cc1CS(=O)(=O)C1CC1. The highest BCUT2D eigenvalue weighted by atomic mass is 32.2. The number of methoxy groups -OCH3 is 1. The highest BCUT2D eigenvalue weighted by Gasteiger charge is 2.36. The first-order chi connectivity index (χ1) is 20.0. The van der Waals surface area contributed by atoms with E-state index >= 15 is 0 Å². The number of hydrogen-bond donors (Lipinski definition) is 0. The van der Waals surface area contributed by atoms with Crippen LogP contribution in [0.2, 0.25) is 0 Å². The van der Waals surface area contributed by atoms with Gasteiger partial charge < -0.3 is 14.4 Å². The Balaban J connectivity index is 1.40. The number of fused-ring (bicyclic) bond motifs is 1. The van der Waals surface area contributed by atoms with Gasteiger partial charge in [0, 0.05) is 47.4 Å². The third kappa shape index (κ3) is 6.13. The minimum Gasteiger partial charge on any atom is -0.481 e. The van der Waals surface area contributed by atoms with Crippen molar-refractivity contribution in [2.24, 2.45) is 5.92 Å². The molecule has 5 heterocycles. The normalized spacial score (nSPS) is 19.5. The Morgan fingerprint density at radius 2 is 1.83 bits per heavy atom. The second-order valence-electron chi connectivity index (χ2n) is 12.3. The van der Waals surface area contributed by atoms with Gasteiger partial charge in [0.2, 0.25) is 11.8 Å². The van der Waals surface area contributed by atoms with Crippen molar-refractivity contribution in [1.29, 1.82) is 0 Å². The average Bonchev–Trinajstić information content (AvgIpc) is 3.79. The van der Waals surface area contributed by atoms with Gasteiger partial charge in [0.05, 0.1) is 47.2 Å². The van der Waals surface area contributed by atoms with Gasteiger partial charge in [0.15, 0.2) is 9.84 Å². The molecule has 228 valence electrons. The first-order valence-electron chi connectivity index (χ1n) is 14.8. The lowest BCUT2D eigenvalue weighted by Gasteiger charge is -2.36. The Morgan fingerprint density at radius 1 is 1.12 bits per heavy atom. The molecule has 2 saturated heterocycles. The smallest absolute Gasteiger partial charge is 0.226 e. The number of ether oxygens (including phenoxy) is 2. The molecule has 9 nitrogen and oxygen atoms in total. The van der Waals surface area contributed by atoms with Crippen LogP contribution in [0.1, 0.15) is 55.5 Å². The zero-order valence-corrected chi connectivity index (χ0v) is 26.5. The van der Waals surface area contributed by atoms with Crippen LogP contribution in [0.4, 0.5) is 10.3 Å². The van der Waals surface area contributed by atoms with E-state index in [0.29, 0.717) is 56.5 Å². The van der Waals surface area contributed by atoms with Crippen LogP contribution in [0, 0.1) is 12.8 Å². The fourth-order valence-corrected chi connectivity index (χ4v) is 8.93. The lowest BCUT2D eigenvalue weighted by Crippen LogP contribution is -2.39. The van der Waals surface area contributed by atoms with Crippen LogP contribution < -0.4 is 9.64 Å². The van der Waals surface area contributed by atoms with Gasteiger partial charge in [-0.15, -0.1) is 11.3 Å². The number of anilines is 1. The van der Waals surface area contributed by atoms with Crippen LogP contribution in [-0.4, -0.2) is 85.7 Å². The number of thiophene rings is 1. The molecule has 0 N–H and O–H groups in total. The average molecular weight is 618 g/mol. The standard InChI is InChI=1S/C30H40FN5O4S2/c1-19-24(17-35-9-7-22(8-10-35)30(2,3)31)26-27(41-19)25(33-29(34-26)36-11-13-40-14-12-36)20-15-21(28(39-4)32-16-20)18-42(37,38)23-5-6-23/h15-16,22-23H,5-14,17-18H2,1-4H3. The number of rotatable bonds is 9. The van der Waals surface area contributed by atoms with Crippen LogP contribution in [0.3, 0.4) is 0 Å². The van der Waals surface area contributed by atoms with Crippen molar-refractivity contribution in [3.8, 4) is 17.1 Å². The van der Waals surface area contributed by atoms with Crippen molar-refractivity contribution < 1.29 is 22.3 Å². The summed E-state index contributed by atoms with van der Waals surface area (Å²) in [4.78, 5) is 20.4. The van der Waals surface area contributed by atoms with E-state index in [-0.39, 0.29) is 16.9 Å². The Hall–Kier alpha value is -2.41. The molecule has 3 aromatic heterocycles.